The van der Waals surface area contributed by atoms with Gasteiger partial charge >= 0.3 is 5.97 Å². The van der Waals surface area contributed by atoms with Crippen molar-refractivity contribution in [2.24, 2.45) is 11.8 Å². The maximum atomic E-state index is 12.2. The third kappa shape index (κ3) is 8.32. The van der Waals surface area contributed by atoms with Gasteiger partial charge in [0.25, 0.3) is 8.32 Å². The van der Waals surface area contributed by atoms with E-state index in [1.165, 1.54) is 16.4 Å². The predicted octanol–water partition coefficient (Wildman–Crippen LogP) is 7.17. The van der Waals surface area contributed by atoms with E-state index in [9.17, 15) is 9.90 Å². The van der Waals surface area contributed by atoms with E-state index in [4.69, 9.17) is 18.3 Å². The summed E-state index contributed by atoms with van der Waals surface area (Å²) in [5, 5.41) is 13.9. The lowest BCUT2D eigenvalue weighted by Gasteiger charge is -2.46. The van der Waals surface area contributed by atoms with Crippen LogP contribution in [0.3, 0.4) is 0 Å². The zero-order valence-corrected chi connectivity index (χ0v) is 31.1. The Hall–Kier alpha value is -2.24. The number of benzene rings is 2. The largest absolute Gasteiger partial charge is 0.457 e. The number of ether oxygens (including phenoxy) is 2. The molecule has 0 aliphatic carbocycles. The number of hydrogen-bond acceptors (Lipinski definition) is 6. The Kier molecular flexibility index (Phi) is 11.2. The smallest absolute Gasteiger partial charge is 0.337 e. The number of aliphatic hydroxyl groups is 1. The Labute approximate surface area is 268 Å². The molecule has 6 nitrogen and oxygen atoms in total. The Morgan fingerprint density at radius 3 is 1.77 bits per heavy atom. The van der Waals surface area contributed by atoms with Crippen LogP contribution in [-0.2, 0) is 23.1 Å². The first kappa shape index (κ1) is 36.2. The number of esters is 1. The zero-order valence-electron chi connectivity index (χ0n) is 29.1. The minimum Gasteiger partial charge on any atom is -0.457 e. The average Bonchev–Trinajstić information content (AvgIpc) is 2.90. The molecule has 1 aliphatic heterocycles. The molecule has 0 fully saturated rings. The highest BCUT2D eigenvalue weighted by atomic mass is 28.4. The molecule has 1 N–H and O–H groups in total. The molecule has 44 heavy (non-hydrogen) atoms. The van der Waals surface area contributed by atoms with Crippen molar-refractivity contribution < 1.29 is 28.2 Å². The van der Waals surface area contributed by atoms with Crippen LogP contribution in [0.15, 0.2) is 72.5 Å². The molecule has 4 atom stereocenters. The molecule has 0 bridgehead atoms. The van der Waals surface area contributed by atoms with Crippen LogP contribution in [0.5, 0.6) is 0 Å². The van der Waals surface area contributed by atoms with Gasteiger partial charge in [-0.05, 0) is 33.5 Å². The van der Waals surface area contributed by atoms with E-state index in [2.05, 4.69) is 122 Å². The Balaban J connectivity index is 1.98. The summed E-state index contributed by atoms with van der Waals surface area (Å²) in [6, 6.07) is 21.3. The lowest BCUT2D eigenvalue weighted by atomic mass is 9.88. The van der Waals surface area contributed by atoms with Gasteiger partial charge in [0.1, 0.15) is 5.76 Å². The maximum Gasteiger partial charge on any atom is 0.337 e. The first-order chi connectivity index (χ1) is 20.2. The molecule has 0 unspecified atom stereocenters. The van der Waals surface area contributed by atoms with Gasteiger partial charge in [0, 0.05) is 38.7 Å². The molecule has 8 heteroatoms. The van der Waals surface area contributed by atoms with Crippen molar-refractivity contribution in [3.8, 4) is 0 Å². The molecule has 3 rings (SSSR count). The van der Waals surface area contributed by atoms with Gasteiger partial charge in [-0.1, -0.05) is 116 Å². The molecule has 0 saturated carbocycles. The van der Waals surface area contributed by atoms with Crippen LogP contribution in [0, 0.1) is 11.8 Å². The van der Waals surface area contributed by atoms with Crippen LogP contribution >= 0.6 is 0 Å². The average molecular weight is 641 g/mol. The number of rotatable bonds is 12. The van der Waals surface area contributed by atoms with E-state index in [1.807, 2.05) is 6.92 Å². The number of cyclic esters (lactones) is 1. The highest BCUT2D eigenvalue weighted by Crippen LogP contribution is 2.41. The third-order valence-corrected chi connectivity index (χ3v) is 18.8. The van der Waals surface area contributed by atoms with Crippen molar-refractivity contribution in [1.29, 1.82) is 0 Å². The zero-order chi connectivity index (χ0) is 33.1. The summed E-state index contributed by atoms with van der Waals surface area (Å²) in [4.78, 5) is 12.2. The topological polar surface area (TPSA) is 74.2 Å². The number of carbonyl (C=O) groups excluding carboxylic acids is 1. The van der Waals surface area contributed by atoms with Crippen molar-refractivity contribution in [2.75, 3.05) is 6.61 Å². The molecule has 0 saturated heterocycles. The molecule has 1 aliphatic rings. The van der Waals surface area contributed by atoms with Crippen molar-refractivity contribution in [1.82, 2.24) is 0 Å². The molecular weight excluding hydrogens is 585 g/mol. The minimum atomic E-state index is -2.76. The van der Waals surface area contributed by atoms with Crippen LogP contribution in [0.25, 0.3) is 0 Å². The van der Waals surface area contributed by atoms with Gasteiger partial charge in [-0.2, -0.15) is 0 Å². The van der Waals surface area contributed by atoms with Gasteiger partial charge in [0.2, 0.25) is 5.79 Å². The lowest BCUT2D eigenvalue weighted by molar-refractivity contribution is -0.207. The fraction of sp³-hybridized carbons (Fsp3) is 0.583. The molecular formula is C36H56O6Si2. The molecule has 2 aromatic carbocycles. The SMILES string of the molecule is C[C@H]([C@H](O[Si](C)(C)C(C)(C)C)[C@@H](C)CO[Si](c1ccccc1)(c1ccccc1)C(C)(C)C)[C@H](O)CC1=CC(=O)OC(C)(C)O1. The molecule has 0 aromatic heterocycles. The van der Waals surface area contributed by atoms with Gasteiger partial charge in [-0.3, -0.25) is 0 Å². The maximum absolute atomic E-state index is 12.2. The standard InChI is InChI=1S/C36H56O6Si2/c1-26(25-39-44(35(6,7)8,29-19-15-13-16-20-29)30-21-17-14-18-22-30)33(42-43(11,12)34(3,4)5)27(2)31(37)23-28-24-32(38)41-36(9,10)40-28/h13-22,24,26-27,31,33,37H,23,25H2,1-12H3/t26-,27-,31+,33+/m0/s1. The van der Waals surface area contributed by atoms with Gasteiger partial charge in [0.15, 0.2) is 8.32 Å². The van der Waals surface area contributed by atoms with Crippen molar-refractivity contribution in [3.05, 3.63) is 72.5 Å². The monoisotopic (exact) mass is 640 g/mol. The van der Waals surface area contributed by atoms with Crippen molar-refractivity contribution in [3.63, 3.8) is 0 Å². The van der Waals surface area contributed by atoms with E-state index in [0.29, 0.717) is 12.4 Å². The summed E-state index contributed by atoms with van der Waals surface area (Å²) >= 11 is 0. The second-order valence-corrected chi connectivity index (χ2v) is 24.5. The highest BCUT2D eigenvalue weighted by molar-refractivity contribution is 6.99. The van der Waals surface area contributed by atoms with E-state index < -0.39 is 34.5 Å². The van der Waals surface area contributed by atoms with Crippen LogP contribution in [0.2, 0.25) is 23.2 Å². The van der Waals surface area contributed by atoms with Gasteiger partial charge in [0.05, 0.1) is 18.3 Å². The predicted molar refractivity (Wildman–Crippen MR) is 184 cm³/mol. The summed E-state index contributed by atoms with van der Waals surface area (Å²) in [6.07, 6.45) is 0.445. The Bertz CT molecular complexity index is 1220. The molecule has 0 radical (unpaired) electrons. The van der Waals surface area contributed by atoms with E-state index in [-0.39, 0.29) is 34.4 Å². The Morgan fingerprint density at radius 2 is 1.34 bits per heavy atom. The van der Waals surface area contributed by atoms with Gasteiger partial charge in [-0.15, -0.1) is 0 Å². The summed E-state index contributed by atoms with van der Waals surface area (Å²) in [7, 11) is -5.00. The fourth-order valence-corrected chi connectivity index (χ4v) is 12.0. The van der Waals surface area contributed by atoms with Crippen LogP contribution in [0.1, 0.15) is 75.7 Å². The van der Waals surface area contributed by atoms with E-state index in [1.54, 1.807) is 13.8 Å². The summed E-state index contributed by atoms with van der Waals surface area (Å²) in [5.41, 5.74) is 0. The van der Waals surface area contributed by atoms with Crippen LogP contribution in [-0.4, -0.2) is 52.3 Å². The number of carbonyl (C=O) groups is 1. The molecule has 1 heterocycles. The van der Waals surface area contributed by atoms with Gasteiger partial charge < -0.3 is 23.4 Å². The quantitative estimate of drug-likeness (QED) is 0.196. The second-order valence-electron chi connectivity index (χ2n) is 15.5. The lowest BCUT2D eigenvalue weighted by Crippen LogP contribution is -2.67. The van der Waals surface area contributed by atoms with Crippen molar-refractivity contribution in [2.45, 2.75) is 117 Å². The van der Waals surface area contributed by atoms with E-state index in [0.717, 1.165) is 0 Å². The fourth-order valence-electron chi connectivity index (χ4n) is 5.85. The van der Waals surface area contributed by atoms with Crippen LogP contribution < -0.4 is 10.4 Å². The minimum absolute atomic E-state index is 0.0166. The second kappa shape index (κ2) is 13.6. The van der Waals surface area contributed by atoms with Crippen molar-refractivity contribution >= 4 is 33.0 Å². The number of hydrogen-bond donors (Lipinski definition) is 1. The summed E-state index contributed by atoms with van der Waals surface area (Å²) in [6.45, 7) is 26.1. The third-order valence-electron chi connectivity index (χ3n) is 9.31. The van der Waals surface area contributed by atoms with E-state index >= 15 is 0 Å². The summed E-state index contributed by atoms with van der Waals surface area (Å²) in [5.74, 6) is -1.39. The molecule has 2 aromatic rings. The normalized spacial score (nSPS) is 18.8. The first-order valence-electron chi connectivity index (χ1n) is 15.9. The first-order valence-corrected chi connectivity index (χ1v) is 20.8. The van der Waals surface area contributed by atoms with Gasteiger partial charge in [-0.25, -0.2) is 4.79 Å². The Morgan fingerprint density at radius 1 is 0.841 bits per heavy atom. The summed E-state index contributed by atoms with van der Waals surface area (Å²) < 4.78 is 25.6. The molecule has 244 valence electrons. The highest BCUT2D eigenvalue weighted by Gasteiger charge is 2.51. The number of aliphatic hydroxyl groups excluding tert-OH is 1. The van der Waals surface area contributed by atoms with Crippen LogP contribution in [0.4, 0.5) is 0 Å². The molecule has 0 spiro atoms. The molecule has 0 amide bonds.